The van der Waals surface area contributed by atoms with Crippen LogP contribution in [0.2, 0.25) is 0 Å². The summed E-state index contributed by atoms with van der Waals surface area (Å²) in [5.41, 5.74) is -1.32. The van der Waals surface area contributed by atoms with Crippen molar-refractivity contribution in [1.29, 1.82) is 0 Å². The smallest absolute Gasteiger partial charge is 0.374 e. The molecule has 0 amide bonds. The Morgan fingerprint density at radius 1 is 0.759 bits per heavy atom. The molecule has 7 nitrogen and oxygen atoms in total. The Hall–Kier alpha value is -0.0631. The predicted molar refractivity (Wildman–Crippen MR) is 117 cm³/mol. The third kappa shape index (κ3) is 8.18. The highest BCUT2D eigenvalue weighted by molar-refractivity contribution is 6.63. The zero-order valence-electron chi connectivity index (χ0n) is 20.1. The van der Waals surface area contributed by atoms with E-state index in [1.165, 1.54) is 12.8 Å². The van der Waals surface area contributed by atoms with Crippen molar-refractivity contribution in [1.82, 2.24) is 0 Å². The van der Waals surface area contributed by atoms with Crippen LogP contribution in [0.15, 0.2) is 0 Å². The molecule has 3 unspecified atom stereocenters. The summed E-state index contributed by atoms with van der Waals surface area (Å²) >= 11 is 0. The number of ether oxygens (including phenoxy) is 4. The Morgan fingerprint density at radius 2 is 1.38 bits per heavy atom. The molecule has 0 spiro atoms. The van der Waals surface area contributed by atoms with Crippen molar-refractivity contribution in [3.63, 3.8) is 0 Å². The highest BCUT2D eigenvalue weighted by Crippen LogP contribution is 2.38. The molecule has 0 aliphatic carbocycles. The minimum absolute atomic E-state index is 0.401. The number of rotatable bonds is 20. The van der Waals surface area contributed by atoms with Gasteiger partial charge in [0, 0.05) is 41.7 Å². The molecule has 0 aromatic rings. The molecule has 8 heteroatoms. The van der Waals surface area contributed by atoms with Crippen molar-refractivity contribution in [3.05, 3.63) is 0 Å². The van der Waals surface area contributed by atoms with Gasteiger partial charge in [-0.2, -0.15) is 0 Å². The van der Waals surface area contributed by atoms with E-state index in [2.05, 4.69) is 20.8 Å². The summed E-state index contributed by atoms with van der Waals surface area (Å²) in [4.78, 5) is 0. The first-order valence-electron chi connectivity index (χ1n) is 11.1. The number of hydrogen-bond donors (Lipinski definition) is 0. The fraction of sp³-hybridized carbons (Fsp3) is 1.00. The Balaban J connectivity index is 6.24. The second-order valence-corrected chi connectivity index (χ2v) is 10.1. The average molecular weight is 439 g/mol. The third-order valence-electron chi connectivity index (χ3n) is 4.92. The van der Waals surface area contributed by atoms with Crippen LogP contribution in [-0.4, -0.2) is 68.3 Å². The average Bonchev–Trinajstić information content (AvgIpc) is 2.76. The van der Waals surface area contributed by atoms with Gasteiger partial charge in [0.25, 0.3) is 5.41 Å². The van der Waals surface area contributed by atoms with Gasteiger partial charge in [-0.15, -0.1) is 0 Å². The summed E-state index contributed by atoms with van der Waals surface area (Å²) in [5.74, 6) is 0. The first-order valence-corrected chi connectivity index (χ1v) is 12.8. The maximum Gasteiger partial charge on any atom is 0.566 e. The van der Waals surface area contributed by atoms with Gasteiger partial charge in [0.1, 0.15) is 6.10 Å². The fourth-order valence-corrected chi connectivity index (χ4v) is 5.91. The topological polar surface area (TPSA) is 64.6 Å². The van der Waals surface area contributed by atoms with Crippen molar-refractivity contribution in [2.75, 3.05) is 41.7 Å². The normalized spacial score (nSPS) is 16.6. The van der Waals surface area contributed by atoms with Gasteiger partial charge in [0.15, 0.2) is 6.29 Å². The molecular formula is C21H46O7Si. The second-order valence-electron chi connectivity index (χ2n) is 7.08. The molecule has 0 bridgehead atoms. The van der Waals surface area contributed by atoms with Crippen molar-refractivity contribution < 1.29 is 32.2 Å². The van der Waals surface area contributed by atoms with E-state index in [9.17, 15) is 0 Å². The summed E-state index contributed by atoms with van der Waals surface area (Å²) in [6.45, 7) is 9.39. The van der Waals surface area contributed by atoms with E-state index in [1.807, 2.05) is 6.92 Å². The van der Waals surface area contributed by atoms with Gasteiger partial charge in [-0.3, -0.25) is 0 Å². The molecule has 0 aliphatic rings. The van der Waals surface area contributed by atoms with E-state index < -0.39 is 26.6 Å². The van der Waals surface area contributed by atoms with E-state index in [4.69, 9.17) is 32.2 Å². The lowest BCUT2D eigenvalue weighted by Crippen LogP contribution is -2.73. The lowest BCUT2D eigenvalue weighted by Gasteiger charge is -2.47. The SMILES string of the molecule is CCCCCCC(OCCC)C(OCCC)(OC(CC)OC)[Si](OC)(OC)OC. The van der Waals surface area contributed by atoms with Gasteiger partial charge in [0.2, 0.25) is 0 Å². The highest BCUT2D eigenvalue weighted by atomic mass is 28.4. The predicted octanol–water partition coefficient (Wildman–Crippen LogP) is 4.69. The zero-order valence-corrected chi connectivity index (χ0v) is 21.1. The monoisotopic (exact) mass is 438 g/mol. The third-order valence-corrected chi connectivity index (χ3v) is 7.97. The number of unbranched alkanes of at least 4 members (excludes halogenated alkanes) is 3. The van der Waals surface area contributed by atoms with Crippen LogP contribution in [-0.2, 0) is 32.2 Å². The van der Waals surface area contributed by atoms with Crippen molar-refractivity contribution in [3.8, 4) is 0 Å². The van der Waals surface area contributed by atoms with Crippen LogP contribution in [0.1, 0.15) is 79.1 Å². The Labute approximate surface area is 180 Å². The van der Waals surface area contributed by atoms with E-state index in [0.29, 0.717) is 19.6 Å². The molecule has 0 rings (SSSR count). The Kier molecular flexibility index (Phi) is 16.6. The van der Waals surface area contributed by atoms with Crippen molar-refractivity contribution in [2.45, 2.75) is 96.9 Å². The molecule has 3 atom stereocenters. The van der Waals surface area contributed by atoms with Gasteiger partial charge in [0.05, 0.1) is 0 Å². The van der Waals surface area contributed by atoms with Gasteiger partial charge >= 0.3 is 8.80 Å². The summed E-state index contributed by atoms with van der Waals surface area (Å²) in [6.07, 6.45) is 6.67. The molecule has 0 radical (unpaired) electrons. The van der Waals surface area contributed by atoms with Gasteiger partial charge < -0.3 is 32.2 Å². The van der Waals surface area contributed by atoms with E-state index in [1.54, 1.807) is 28.4 Å². The van der Waals surface area contributed by atoms with Crippen molar-refractivity contribution in [2.24, 2.45) is 0 Å². The van der Waals surface area contributed by atoms with Crippen LogP contribution < -0.4 is 0 Å². The fourth-order valence-electron chi connectivity index (χ4n) is 3.38. The van der Waals surface area contributed by atoms with E-state index >= 15 is 0 Å². The molecule has 0 N–H and O–H groups in total. The lowest BCUT2D eigenvalue weighted by molar-refractivity contribution is -0.325. The molecular weight excluding hydrogens is 392 g/mol. The van der Waals surface area contributed by atoms with Crippen LogP contribution >= 0.6 is 0 Å². The molecule has 0 saturated carbocycles. The molecule has 0 aliphatic heterocycles. The maximum absolute atomic E-state index is 6.51. The molecule has 29 heavy (non-hydrogen) atoms. The summed E-state index contributed by atoms with van der Waals surface area (Å²) in [7, 11) is 2.90. The maximum atomic E-state index is 6.51. The molecule has 176 valence electrons. The summed E-state index contributed by atoms with van der Waals surface area (Å²) in [5, 5.41) is 0. The summed E-state index contributed by atoms with van der Waals surface area (Å²) < 4.78 is 42.5. The lowest BCUT2D eigenvalue weighted by atomic mass is 10.1. The zero-order chi connectivity index (χ0) is 22.2. The molecule has 0 aromatic heterocycles. The largest absolute Gasteiger partial charge is 0.566 e. The minimum atomic E-state index is -3.46. The number of hydrogen-bond acceptors (Lipinski definition) is 7. The molecule has 0 fully saturated rings. The summed E-state index contributed by atoms with van der Waals surface area (Å²) in [6, 6.07) is 0. The minimum Gasteiger partial charge on any atom is -0.374 e. The Bertz CT molecular complexity index is 370. The molecule has 0 aromatic carbocycles. The molecule has 0 heterocycles. The van der Waals surface area contributed by atoms with E-state index in [-0.39, 0.29) is 0 Å². The van der Waals surface area contributed by atoms with Gasteiger partial charge in [-0.05, 0) is 25.7 Å². The highest BCUT2D eigenvalue weighted by Gasteiger charge is 2.68. The van der Waals surface area contributed by atoms with Crippen LogP contribution in [0, 0.1) is 0 Å². The number of methoxy groups -OCH3 is 1. The van der Waals surface area contributed by atoms with Crippen LogP contribution in [0.25, 0.3) is 0 Å². The van der Waals surface area contributed by atoms with Crippen LogP contribution in [0.4, 0.5) is 0 Å². The van der Waals surface area contributed by atoms with Gasteiger partial charge in [-0.25, -0.2) is 0 Å². The first kappa shape index (κ1) is 28.9. The second kappa shape index (κ2) is 16.6. The molecule has 0 saturated heterocycles. The standard InChI is InChI=1S/C21H46O7Si/c1-9-13-14-15-16-19(26-17-10-2)21(27-18-11-3,28-20(12-4)22-5)29(23-6,24-7)25-8/h19-20H,9-18H2,1-8H3. The Morgan fingerprint density at radius 3 is 1.83 bits per heavy atom. The van der Waals surface area contributed by atoms with Crippen LogP contribution in [0.3, 0.4) is 0 Å². The quantitative estimate of drug-likeness (QED) is 0.155. The van der Waals surface area contributed by atoms with Gasteiger partial charge in [-0.1, -0.05) is 53.4 Å². The first-order chi connectivity index (χ1) is 14.0. The van der Waals surface area contributed by atoms with E-state index in [0.717, 1.165) is 32.1 Å². The van der Waals surface area contributed by atoms with Crippen molar-refractivity contribution >= 4 is 8.80 Å². The van der Waals surface area contributed by atoms with Crippen LogP contribution in [0.5, 0.6) is 0 Å².